The highest BCUT2D eigenvalue weighted by Crippen LogP contribution is 2.32. The highest BCUT2D eigenvalue weighted by atomic mass is 35.5. The van der Waals surface area contributed by atoms with Crippen LogP contribution in [-0.4, -0.2) is 16.1 Å². The topological polar surface area (TPSA) is 69.3 Å². The molecule has 0 amide bonds. The Morgan fingerprint density at radius 2 is 2.09 bits per heavy atom. The third kappa shape index (κ3) is 4.02. The molecule has 0 fully saturated rings. The number of nitrogens with zero attached hydrogens (tertiary/aromatic N) is 2. The van der Waals surface area contributed by atoms with Crippen LogP contribution in [0.1, 0.15) is 5.69 Å². The maximum Gasteiger partial charge on any atom is 0.387 e. The van der Waals surface area contributed by atoms with Crippen LogP contribution >= 0.6 is 23.2 Å². The van der Waals surface area contributed by atoms with Crippen molar-refractivity contribution in [3.8, 4) is 5.75 Å². The second-order valence-corrected chi connectivity index (χ2v) is 5.27. The van der Waals surface area contributed by atoms with Crippen molar-refractivity contribution >= 4 is 34.6 Å². The zero-order valence-corrected chi connectivity index (χ0v) is 13.2. The van der Waals surface area contributed by atoms with Crippen LogP contribution in [0, 0.1) is 10.1 Å². The van der Waals surface area contributed by atoms with Crippen LogP contribution in [-0.2, 0) is 13.6 Å². The molecular weight excluding hydrogens is 355 g/mol. The Morgan fingerprint density at radius 3 is 2.61 bits per heavy atom. The molecule has 6 nitrogen and oxygen atoms in total. The van der Waals surface area contributed by atoms with E-state index < -0.39 is 23.0 Å². The summed E-state index contributed by atoms with van der Waals surface area (Å²) in [6.45, 7) is -2.87. The highest BCUT2D eigenvalue weighted by Gasteiger charge is 2.19. The minimum absolute atomic E-state index is 0.287. The highest BCUT2D eigenvalue weighted by molar-refractivity contribution is 6.41. The van der Waals surface area contributed by atoms with E-state index in [1.54, 1.807) is 17.7 Å². The number of nitro benzene ring substituents is 1. The number of aromatic nitrogens is 1. The number of halogens is 4. The van der Waals surface area contributed by atoms with Gasteiger partial charge in [-0.05, 0) is 12.1 Å². The number of benzene rings is 1. The number of rotatable bonds is 6. The number of ether oxygens (including phenoxy) is 1. The lowest BCUT2D eigenvalue weighted by Gasteiger charge is -2.10. The van der Waals surface area contributed by atoms with Crippen molar-refractivity contribution < 1.29 is 18.4 Å². The van der Waals surface area contributed by atoms with Crippen molar-refractivity contribution in [2.24, 2.45) is 7.05 Å². The molecule has 0 radical (unpaired) electrons. The van der Waals surface area contributed by atoms with E-state index in [-0.39, 0.29) is 6.54 Å². The molecule has 124 valence electrons. The maximum atomic E-state index is 12.3. The first-order chi connectivity index (χ1) is 10.8. The van der Waals surface area contributed by atoms with Crippen molar-refractivity contribution in [1.29, 1.82) is 0 Å². The van der Waals surface area contributed by atoms with Gasteiger partial charge in [-0.25, -0.2) is 0 Å². The van der Waals surface area contributed by atoms with E-state index in [1.807, 2.05) is 0 Å². The van der Waals surface area contributed by atoms with Crippen LogP contribution in [0.3, 0.4) is 0 Å². The Kier molecular flexibility index (Phi) is 5.27. The predicted molar refractivity (Wildman–Crippen MR) is 82.5 cm³/mol. The van der Waals surface area contributed by atoms with Crippen LogP contribution in [0.25, 0.3) is 0 Å². The predicted octanol–water partition coefficient (Wildman–Crippen LogP) is 4.45. The summed E-state index contributed by atoms with van der Waals surface area (Å²) in [4.78, 5) is 10.0. The molecule has 2 rings (SSSR count). The van der Waals surface area contributed by atoms with Crippen molar-refractivity contribution in [3.05, 3.63) is 50.2 Å². The molecule has 0 saturated heterocycles. The summed E-state index contributed by atoms with van der Waals surface area (Å²) in [6.07, 6.45) is 0. The van der Waals surface area contributed by atoms with E-state index in [1.165, 1.54) is 6.07 Å². The Morgan fingerprint density at radius 1 is 1.39 bits per heavy atom. The van der Waals surface area contributed by atoms with Crippen LogP contribution < -0.4 is 10.1 Å². The molecule has 1 heterocycles. The zero-order chi connectivity index (χ0) is 17.1. The van der Waals surface area contributed by atoms with Crippen molar-refractivity contribution in [2.75, 3.05) is 5.32 Å². The average molecular weight is 366 g/mol. The third-order valence-electron chi connectivity index (χ3n) is 3.06. The molecule has 0 aliphatic heterocycles. The lowest BCUT2D eigenvalue weighted by molar-refractivity contribution is -0.386. The number of nitro groups is 1. The fourth-order valence-electron chi connectivity index (χ4n) is 1.92. The van der Waals surface area contributed by atoms with E-state index in [0.29, 0.717) is 15.9 Å². The van der Waals surface area contributed by atoms with Crippen LogP contribution in [0.4, 0.5) is 20.2 Å². The first-order valence-corrected chi connectivity index (χ1v) is 7.02. The summed E-state index contributed by atoms with van der Waals surface area (Å²) in [7, 11) is 1.71. The molecule has 1 N–H and O–H groups in total. The Bertz CT molecular complexity index is 737. The molecule has 1 aromatic carbocycles. The third-order valence-corrected chi connectivity index (χ3v) is 3.90. The normalized spacial score (nSPS) is 10.9. The average Bonchev–Trinajstić information content (AvgIpc) is 2.71. The number of alkyl halides is 2. The second-order valence-electron chi connectivity index (χ2n) is 4.51. The van der Waals surface area contributed by atoms with E-state index in [2.05, 4.69) is 10.1 Å². The number of anilines is 1. The van der Waals surface area contributed by atoms with Gasteiger partial charge in [0.25, 0.3) is 0 Å². The smallest absolute Gasteiger partial charge is 0.387 e. The summed E-state index contributed by atoms with van der Waals surface area (Å²) in [5.74, 6) is -0.516. The van der Waals surface area contributed by atoms with E-state index >= 15 is 0 Å². The van der Waals surface area contributed by atoms with Gasteiger partial charge < -0.3 is 14.6 Å². The molecule has 0 atom stereocenters. The quantitative estimate of drug-likeness (QED) is 0.606. The van der Waals surface area contributed by atoms with Gasteiger partial charge in [-0.1, -0.05) is 23.2 Å². The lowest BCUT2D eigenvalue weighted by Crippen LogP contribution is -2.07. The van der Waals surface area contributed by atoms with Gasteiger partial charge in [0.05, 0.1) is 16.5 Å². The minimum atomic E-state index is -3.16. The van der Waals surface area contributed by atoms with Crippen LogP contribution in [0.2, 0.25) is 10.2 Å². The molecule has 10 heteroatoms. The van der Waals surface area contributed by atoms with Gasteiger partial charge in [-0.2, -0.15) is 8.78 Å². The molecule has 23 heavy (non-hydrogen) atoms. The van der Waals surface area contributed by atoms with Crippen LogP contribution in [0.5, 0.6) is 5.75 Å². The van der Waals surface area contributed by atoms with E-state index in [4.69, 9.17) is 23.2 Å². The summed E-state index contributed by atoms with van der Waals surface area (Å²) in [5.41, 5.74) is 0.579. The molecule has 1 aromatic heterocycles. The second kappa shape index (κ2) is 7.01. The number of hydrogen-bond donors (Lipinski definition) is 1. The molecular formula is C13H11Cl2F2N3O3. The van der Waals surface area contributed by atoms with Gasteiger partial charge in [0.1, 0.15) is 5.15 Å². The van der Waals surface area contributed by atoms with Gasteiger partial charge in [0, 0.05) is 30.6 Å². The van der Waals surface area contributed by atoms with Gasteiger partial charge in [-0.15, -0.1) is 0 Å². The molecule has 0 saturated carbocycles. The summed E-state index contributed by atoms with van der Waals surface area (Å²) in [5, 5.41) is 14.5. The monoisotopic (exact) mass is 365 g/mol. The van der Waals surface area contributed by atoms with Crippen molar-refractivity contribution in [3.63, 3.8) is 0 Å². The van der Waals surface area contributed by atoms with Crippen molar-refractivity contribution in [2.45, 2.75) is 13.2 Å². The summed E-state index contributed by atoms with van der Waals surface area (Å²) >= 11 is 11.8. The molecule has 0 aliphatic rings. The largest absolute Gasteiger partial charge is 0.427 e. The van der Waals surface area contributed by atoms with Gasteiger partial charge in [0.2, 0.25) is 5.75 Å². The van der Waals surface area contributed by atoms with E-state index in [9.17, 15) is 18.9 Å². The Hall–Kier alpha value is -2.06. The van der Waals surface area contributed by atoms with Crippen molar-refractivity contribution in [1.82, 2.24) is 4.57 Å². The SMILES string of the molecule is Cn1c(CNc2ccc([N+](=O)[O-])c(OC(F)F)c2)cc(Cl)c1Cl. The Balaban J connectivity index is 2.19. The molecule has 0 aliphatic carbocycles. The fraction of sp³-hybridized carbons (Fsp3) is 0.231. The van der Waals surface area contributed by atoms with E-state index in [0.717, 1.165) is 17.8 Å². The number of nitrogens with one attached hydrogen (secondary N) is 1. The standard InChI is InChI=1S/C13H11Cl2F2N3O3/c1-19-8(5-9(14)12(19)15)6-18-7-2-3-10(20(21)22)11(4-7)23-13(16)17/h2-5,13,18H,6H2,1H3. The lowest BCUT2D eigenvalue weighted by atomic mass is 10.2. The van der Waals surface area contributed by atoms with Crippen LogP contribution in [0.15, 0.2) is 24.3 Å². The molecule has 0 bridgehead atoms. The first-order valence-electron chi connectivity index (χ1n) is 6.26. The van der Waals surface area contributed by atoms with Gasteiger partial charge in [0.15, 0.2) is 0 Å². The summed E-state index contributed by atoms with van der Waals surface area (Å²) in [6, 6.07) is 5.27. The molecule has 0 unspecified atom stereocenters. The first kappa shape index (κ1) is 17.3. The Labute approximate surface area is 139 Å². The molecule has 0 spiro atoms. The minimum Gasteiger partial charge on any atom is -0.427 e. The zero-order valence-electron chi connectivity index (χ0n) is 11.7. The fourth-order valence-corrected chi connectivity index (χ4v) is 2.33. The summed E-state index contributed by atoms with van der Waals surface area (Å²) < 4.78 is 30.5. The van der Waals surface area contributed by atoms with Gasteiger partial charge >= 0.3 is 12.3 Å². The molecule has 2 aromatic rings. The number of hydrogen-bond acceptors (Lipinski definition) is 4. The van der Waals surface area contributed by atoms with Gasteiger partial charge in [-0.3, -0.25) is 10.1 Å². The maximum absolute atomic E-state index is 12.3.